The molecule has 1 saturated heterocycles. The zero-order valence-corrected chi connectivity index (χ0v) is 11.6. The van der Waals surface area contributed by atoms with E-state index in [1.807, 2.05) is 12.1 Å². The number of hydrogen-bond donors (Lipinski definition) is 0. The Bertz CT molecular complexity index is 491. The molecule has 0 aromatic heterocycles. The lowest BCUT2D eigenvalue weighted by molar-refractivity contribution is 0.121. The van der Waals surface area contributed by atoms with Crippen molar-refractivity contribution in [3.05, 3.63) is 34.9 Å². The van der Waals surface area contributed by atoms with Crippen molar-refractivity contribution in [2.24, 2.45) is 0 Å². The molecule has 1 aromatic carbocycles. The predicted molar refractivity (Wildman–Crippen MR) is 75.8 cm³/mol. The highest BCUT2D eigenvalue weighted by Crippen LogP contribution is 2.27. The van der Waals surface area contributed by atoms with Gasteiger partial charge in [0.05, 0.1) is 11.6 Å². The molecule has 1 aromatic rings. The van der Waals surface area contributed by atoms with E-state index in [1.54, 1.807) is 0 Å². The molecule has 3 nitrogen and oxygen atoms in total. The van der Waals surface area contributed by atoms with Gasteiger partial charge in [0, 0.05) is 38.8 Å². The van der Waals surface area contributed by atoms with Crippen LogP contribution in [-0.2, 0) is 6.54 Å². The minimum atomic E-state index is 0.764. The molecular formula is C16H21N3. The summed E-state index contributed by atoms with van der Waals surface area (Å²) in [7, 11) is 0. The number of nitriles is 1. The van der Waals surface area contributed by atoms with Gasteiger partial charge < -0.3 is 0 Å². The van der Waals surface area contributed by atoms with Crippen LogP contribution >= 0.6 is 0 Å². The summed E-state index contributed by atoms with van der Waals surface area (Å²) in [5.74, 6) is 0. The third kappa shape index (κ3) is 2.97. The van der Waals surface area contributed by atoms with Crippen LogP contribution in [-0.4, -0.2) is 42.0 Å². The van der Waals surface area contributed by atoms with Crippen LogP contribution in [0.3, 0.4) is 0 Å². The molecule has 1 aliphatic carbocycles. The lowest BCUT2D eigenvalue weighted by Crippen LogP contribution is -2.46. The van der Waals surface area contributed by atoms with E-state index >= 15 is 0 Å². The number of piperazine rings is 1. The lowest BCUT2D eigenvalue weighted by atomic mass is 10.0. The van der Waals surface area contributed by atoms with Crippen molar-refractivity contribution in [2.45, 2.75) is 32.4 Å². The average molecular weight is 255 g/mol. The normalized spacial score (nSPS) is 21.3. The molecule has 0 N–H and O–H groups in total. The van der Waals surface area contributed by atoms with Gasteiger partial charge in [-0.3, -0.25) is 9.80 Å². The van der Waals surface area contributed by atoms with Crippen LogP contribution in [0.15, 0.2) is 18.2 Å². The Morgan fingerprint density at radius 2 is 1.95 bits per heavy atom. The van der Waals surface area contributed by atoms with Crippen LogP contribution < -0.4 is 0 Å². The van der Waals surface area contributed by atoms with Crippen molar-refractivity contribution >= 4 is 0 Å². The Morgan fingerprint density at radius 3 is 2.53 bits per heavy atom. The van der Waals surface area contributed by atoms with Crippen LogP contribution in [0.2, 0.25) is 0 Å². The van der Waals surface area contributed by atoms with Gasteiger partial charge in [0.15, 0.2) is 0 Å². The van der Waals surface area contributed by atoms with E-state index in [2.05, 4.69) is 28.9 Å². The highest BCUT2D eigenvalue weighted by Gasteiger charge is 2.31. The van der Waals surface area contributed by atoms with E-state index in [9.17, 15) is 0 Å². The number of benzene rings is 1. The molecule has 3 heteroatoms. The molecule has 1 saturated carbocycles. The quantitative estimate of drug-likeness (QED) is 0.829. The van der Waals surface area contributed by atoms with Crippen molar-refractivity contribution in [3.63, 3.8) is 0 Å². The zero-order chi connectivity index (χ0) is 13.2. The topological polar surface area (TPSA) is 30.3 Å². The van der Waals surface area contributed by atoms with Crippen molar-refractivity contribution in [1.82, 2.24) is 9.80 Å². The molecule has 0 unspecified atom stereocenters. The monoisotopic (exact) mass is 255 g/mol. The molecule has 1 heterocycles. The van der Waals surface area contributed by atoms with Crippen LogP contribution in [0.5, 0.6) is 0 Å². The van der Waals surface area contributed by atoms with Gasteiger partial charge in [0.2, 0.25) is 0 Å². The molecule has 3 rings (SSSR count). The number of nitrogens with zero attached hydrogens (tertiary/aromatic N) is 3. The second-order valence-electron chi connectivity index (χ2n) is 5.80. The molecule has 19 heavy (non-hydrogen) atoms. The van der Waals surface area contributed by atoms with Gasteiger partial charge in [0.1, 0.15) is 0 Å². The second-order valence-corrected chi connectivity index (χ2v) is 5.80. The molecule has 0 amide bonds. The molecule has 2 fully saturated rings. The number of aryl methyl sites for hydroxylation is 1. The Balaban J connectivity index is 1.58. The largest absolute Gasteiger partial charge is 0.298 e. The van der Waals surface area contributed by atoms with Gasteiger partial charge in [-0.05, 0) is 43.0 Å². The summed E-state index contributed by atoms with van der Waals surface area (Å²) in [6.07, 6.45) is 2.82. The number of rotatable bonds is 3. The highest BCUT2D eigenvalue weighted by atomic mass is 15.3. The van der Waals surface area contributed by atoms with Crippen LogP contribution in [0.25, 0.3) is 0 Å². The van der Waals surface area contributed by atoms with Gasteiger partial charge in [-0.1, -0.05) is 6.07 Å². The van der Waals surface area contributed by atoms with Crippen LogP contribution in [0, 0.1) is 18.3 Å². The Morgan fingerprint density at radius 1 is 1.21 bits per heavy atom. The first-order valence-electron chi connectivity index (χ1n) is 7.22. The van der Waals surface area contributed by atoms with Crippen LogP contribution in [0.4, 0.5) is 0 Å². The summed E-state index contributed by atoms with van der Waals surface area (Å²) in [6, 6.07) is 9.15. The van der Waals surface area contributed by atoms with E-state index in [1.165, 1.54) is 50.1 Å². The first-order chi connectivity index (χ1) is 9.26. The summed E-state index contributed by atoms with van der Waals surface area (Å²) < 4.78 is 0. The van der Waals surface area contributed by atoms with Gasteiger partial charge in [-0.25, -0.2) is 0 Å². The lowest BCUT2D eigenvalue weighted by Gasteiger charge is -2.35. The van der Waals surface area contributed by atoms with Crippen LogP contribution in [0.1, 0.15) is 29.5 Å². The summed E-state index contributed by atoms with van der Waals surface area (Å²) in [5, 5.41) is 8.90. The first-order valence-corrected chi connectivity index (χ1v) is 7.22. The third-order valence-corrected chi connectivity index (χ3v) is 4.34. The summed E-state index contributed by atoms with van der Waals surface area (Å²) in [6.45, 7) is 7.93. The summed E-state index contributed by atoms with van der Waals surface area (Å²) in [4.78, 5) is 5.18. The summed E-state index contributed by atoms with van der Waals surface area (Å²) >= 11 is 0. The number of hydrogen-bond acceptors (Lipinski definition) is 3. The maximum atomic E-state index is 8.90. The van der Waals surface area contributed by atoms with E-state index < -0.39 is 0 Å². The average Bonchev–Trinajstić information content (AvgIpc) is 3.26. The Labute approximate surface area is 115 Å². The molecule has 2 aliphatic rings. The highest BCUT2D eigenvalue weighted by molar-refractivity contribution is 5.37. The smallest absolute Gasteiger partial charge is 0.0991 e. The Hall–Kier alpha value is -1.37. The molecule has 0 bridgehead atoms. The molecule has 100 valence electrons. The minimum Gasteiger partial charge on any atom is -0.298 e. The van der Waals surface area contributed by atoms with E-state index in [0.717, 1.165) is 18.2 Å². The molecule has 0 radical (unpaired) electrons. The maximum absolute atomic E-state index is 8.90. The van der Waals surface area contributed by atoms with E-state index in [0.29, 0.717) is 0 Å². The fourth-order valence-electron chi connectivity index (χ4n) is 2.91. The molecule has 1 aliphatic heterocycles. The maximum Gasteiger partial charge on any atom is 0.0991 e. The van der Waals surface area contributed by atoms with Gasteiger partial charge in [-0.2, -0.15) is 5.26 Å². The van der Waals surface area contributed by atoms with Crippen molar-refractivity contribution in [3.8, 4) is 6.07 Å². The SMILES string of the molecule is Cc1cc(C#N)ccc1CN1CCN(C2CC2)CC1. The molecule has 0 spiro atoms. The fourth-order valence-corrected chi connectivity index (χ4v) is 2.91. The fraction of sp³-hybridized carbons (Fsp3) is 0.562. The van der Waals surface area contributed by atoms with Gasteiger partial charge >= 0.3 is 0 Å². The predicted octanol–water partition coefficient (Wildman–Crippen LogP) is 2.15. The molecular weight excluding hydrogens is 234 g/mol. The Kier molecular flexibility index (Phi) is 3.54. The third-order valence-electron chi connectivity index (χ3n) is 4.34. The van der Waals surface area contributed by atoms with E-state index in [-0.39, 0.29) is 0 Å². The second kappa shape index (κ2) is 5.32. The minimum absolute atomic E-state index is 0.764. The first kappa shape index (κ1) is 12.7. The van der Waals surface area contributed by atoms with Gasteiger partial charge in [0.25, 0.3) is 0 Å². The van der Waals surface area contributed by atoms with Gasteiger partial charge in [-0.15, -0.1) is 0 Å². The van der Waals surface area contributed by atoms with Crippen molar-refractivity contribution < 1.29 is 0 Å². The van der Waals surface area contributed by atoms with Crippen molar-refractivity contribution in [1.29, 1.82) is 5.26 Å². The van der Waals surface area contributed by atoms with Crippen molar-refractivity contribution in [2.75, 3.05) is 26.2 Å². The zero-order valence-electron chi connectivity index (χ0n) is 11.6. The molecule has 0 atom stereocenters. The standard InChI is InChI=1S/C16H21N3/c1-13-10-14(11-17)2-3-15(13)12-18-6-8-19(9-7-18)16-4-5-16/h2-3,10,16H,4-9,12H2,1H3. The summed E-state index contributed by atoms with van der Waals surface area (Å²) in [5.41, 5.74) is 3.36. The van der Waals surface area contributed by atoms with E-state index in [4.69, 9.17) is 5.26 Å².